The molecule has 1 aliphatic carbocycles. The molecule has 26 heavy (non-hydrogen) atoms. The van der Waals surface area contributed by atoms with Crippen LogP contribution < -0.4 is 5.69 Å². The largest absolute Gasteiger partial charge is 0.391 e. The Balaban J connectivity index is 1.75. The summed E-state index contributed by atoms with van der Waals surface area (Å²) in [4.78, 5) is 12.4. The molecule has 1 heterocycles. The smallest absolute Gasteiger partial charge is 0.278 e. The molecule has 0 unspecified atom stereocenters. The third-order valence-electron chi connectivity index (χ3n) is 5.14. The van der Waals surface area contributed by atoms with Crippen molar-refractivity contribution in [2.45, 2.75) is 44.8 Å². The quantitative estimate of drug-likeness (QED) is 0.770. The molecule has 0 atom stereocenters. The second-order valence-electron chi connectivity index (χ2n) is 6.96. The van der Waals surface area contributed by atoms with Crippen LogP contribution in [0, 0.1) is 17.7 Å². The molecule has 1 fully saturated rings. The Labute approximate surface area is 148 Å². The molecule has 4 nitrogen and oxygen atoms in total. The van der Waals surface area contributed by atoms with Crippen LogP contribution in [0.1, 0.15) is 37.1 Å². The fraction of sp³-hybridized carbons (Fsp3) is 0.556. The molecular formula is C18H21F4N3O. The van der Waals surface area contributed by atoms with Crippen molar-refractivity contribution in [3.63, 3.8) is 0 Å². The topological polar surface area (TPSA) is 39.8 Å². The maximum atomic E-state index is 13.9. The summed E-state index contributed by atoms with van der Waals surface area (Å²) in [6.45, 7) is 0.320. The number of rotatable bonds is 4. The number of halogens is 4. The van der Waals surface area contributed by atoms with Gasteiger partial charge in [0.05, 0.1) is 5.92 Å². The van der Waals surface area contributed by atoms with Crippen LogP contribution >= 0.6 is 0 Å². The van der Waals surface area contributed by atoms with Crippen molar-refractivity contribution >= 4 is 0 Å². The number of aryl methyl sites for hydroxylation is 1. The zero-order valence-corrected chi connectivity index (χ0v) is 14.5. The van der Waals surface area contributed by atoms with Gasteiger partial charge in [0, 0.05) is 20.0 Å². The summed E-state index contributed by atoms with van der Waals surface area (Å²) < 4.78 is 55.0. The number of nitrogens with zero attached hydrogens (tertiary/aromatic N) is 3. The van der Waals surface area contributed by atoms with Gasteiger partial charge in [-0.05, 0) is 43.2 Å². The van der Waals surface area contributed by atoms with Gasteiger partial charge in [0.25, 0.3) is 0 Å². The summed E-state index contributed by atoms with van der Waals surface area (Å²) >= 11 is 0. The molecule has 8 heteroatoms. The van der Waals surface area contributed by atoms with Gasteiger partial charge in [-0.25, -0.2) is 13.9 Å². The molecule has 2 aromatic rings. The highest BCUT2D eigenvalue weighted by Crippen LogP contribution is 2.39. The number of alkyl halides is 3. The fourth-order valence-corrected chi connectivity index (χ4v) is 3.61. The Bertz CT molecular complexity index is 817. The minimum Gasteiger partial charge on any atom is -0.278 e. The lowest BCUT2D eigenvalue weighted by Crippen LogP contribution is -2.32. The molecule has 1 saturated carbocycles. The molecule has 0 aliphatic heterocycles. The molecule has 0 amide bonds. The second-order valence-corrected chi connectivity index (χ2v) is 6.96. The van der Waals surface area contributed by atoms with E-state index in [9.17, 15) is 22.4 Å². The van der Waals surface area contributed by atoms with Gasteiger partial charge in [0.2, 0.25) is 0 Å². The summed E-state index contributed by atoms with van der Waals surface area (Å²) in [6.07, 6.45) is -2.96. The van der Waals surface area contributed by atoms with Crippen LogP contribution in [0.4, 0.5) is 17.6 Å². The molecule has 142 valence electrons. The monoisotopic (exact) mass is 371 g/mol. The lowest BCUT2D eigenvalue weighted by atomic mass is 9.81. The van der Waals surface area contributed by atoms with E-state index in [1.54, 1.807) is 18.2 Å². The molecule has 1 aliphatic rings. The lowest BCUT2D eigenvalue weighted by Gasteiger charge is -2.30. The van der Waals surface area contributed by atoms with Crippen molar-refractivity contribution < 1.29 is 17.6 Å². The number of aromatic nitrogens is 3. The second kappa shape index (κ2) is 7.25. The Morgan fingerprint density at radius 2 is 1.81 bits per heavy atom. The molecule has 1 aromatic carbocycles. The summed E-state index contributed by atoms with van der Waals surface area (Å²) in [5, 5.41) is 4.19. The highest BCUT2D eigenvalue weighted by Gasteiger charge is 2.41. The third kappa shape index (κ3) is 3.99. The van der Waals surface area contributed by atoms with Gasteiger partial charge in [0.1, 0.15) is 11.6 Å². The predicted molar refractivity (Wildman–Crippen MR) is 88.2 cm³/mol. The van der Waals surface area contributed by atoms with E-state index in [0.29, 0.717) is 30.8 Å². The third-order valence-corrected chi connectivity index (χ3v) is 5.14. The van der Waals surface area contributed by atoms with E-state index in [0.717, 1.165) is 0 Å². The van der Waals surface area contributed by atoms with Crippen LogP contribution in [0.3, 0.4) is 0 Å². The summed E-state index contributed by atoms with van der Waals surface area (Å²) in [7, 11) is 1.52. The number of benzene rings is 1. The van der Waals surface area contributed by atoms with Crippen molar-refractivity contribution in [1.82, 2.24) is 14.3 Å². The minimum atomic E-state index is -4.15. The zero-order valence-electron chi connectivity index (χ0n) is 14.5. The van der Waals surface area contributed by atoms with Crippen LogP contribution in [0.15, 0.2) is 29.1 Å². The number of hydrogen-bond donors (Lipinski definition) is 0. The van der Waals surface area contributed by atoms with Crippen molar-refractivity contribution in [3.05, 3.63) is 52.0 Å². The molecule has 0 bridgehead atoms. The standard InChI is InChI=1S/C18H21F4N3O/c1-24-17(26)25(11-12-6-8-14(9-7-12)18(20,21)22)16(23-24)10-13-4-2-3-5-15(13)19/h2-5,12,14H,6-11H2,1H3. The Morgan fingerprint density at radius 3 is 2.42 bits per heavy atom. The van der Waals surface area contributed by atoms with Gasteiger partial charge in [-0.15, -0.1) is 0 Å². The average Bonchev–Trinajstić information content (AvgIpc) is 2.84. The van der Waals surface area contributed by atoms with Gasteiger partial charge in [-0.1, -0.05) is 18.2 Å². The Hall–Kier alpha value is -2.12. The Morgan fingerprint density at radius 1 is 1.15 bits per heavy atom. The van der Waals surface area contributed by atoms with E-state index in [2.05, 4.69) is 5.10 Å². The first kappa shape index (κ1) is 18.7. The van der Waals surface area contributed by atoms with E-state index in [1.807, 2.05) is 0 Å². The van der Waals surface area contributed by atoms with E-state index < -0.39 is 12.1 Å². The molecule has 1 aromatic heterocycles. The summed E-state index contributed by atoms with van der Waals surface area (Å²) in [6, 6.07) is 6.28. The van der Waals surface area contributed by atoms with Gasteiger partial charge in [-0.3, -0.25) is 4.57 Å². The van der Waals surface area contributed by atoms with Crippen LogP contribution in [-0.4, -0.2) is 20.5 Å². The van der Waals surface area contributed by atoms with Crippen molar-refractivity contribution in [1.29, 1.82) is 0 Å². The average molecular weight is 371 g/mol. The van der Waals surface area contributed by atoms with Gasteiger partial charge >= 0.3 is 11.9 Å². The first-order valence-corrected chi connectivity index (χ1v) is 8.68. The van der Waals surface area contributed by atoms with Crippen molar-refractivity contribution in [3.8, 4) is 0 Å². The van der Waals surface area contributed by atoms with Crippen LogP contribution in [0.2, 0.25) is 0 Å². The Kier molecular flexibility index (Phi) is 5.20. The molecule has 3 rings (SSSR count). The van der Waals surface area contributed by atoms with Gasteiger partial charge in [-0.2, -0.15) is 18.3 Å². The van der Waals surface area contributed by atoms with Crippen molar-refractivity contribution in [2.75, 3.05) is 0 Å². The van der Waals surface area contributed by atoms with E-state index in [4.69, 9.17) is 0 Å². The molecule has 0 radical (unpaired) electrons. The highest BCUT2D eigenvalue weighted by molar-refractivity contribution is 5.21. The maximum absolute atomic E-state index is 13.9. The van der Waals surface area contributed by atoms with Crippen LogP contribution in [0.25, 0.3) is 0 Å². The highest BCUT2D eigenvalue weighted by atomic mass is 19.4. The van der Waals surface area contributed by atoms with Crippen LogP contribution in [0.5, 0.6) is 0 Å². The van der Waals surface area contributed by atoms with Gasteiger partial charge < -0.3 is 0 Å². The molecular weight excluding hydrogens is 350 g/mol. The summed E-state index contributed by atoms with van der Waals surface area (Å²) in [5.41, 5.74) is 0.106. The predicted octanol–water partition coefficient (Wildman–Crippen LogP) is 3.68. The van der Waals surface area contributed by atoms with Crippen LogP contribution in [-0.2, 0) is 20.0 Å². The fourth-order valence-electron chi connectivity index (χ4n) is 3.61. The normalized spacial score (nSPS) is 21.1. The first-order valence-electron chi connectivity index (χ1n) is 8.68. The first-order chi connectivity index (χ1) is 12.3. The zero-order chi connectivity index (χ0) is 18.9. The van der Waals surface area contributed by atoms with E-state index >= 15 is 0 Å². The van der Waals surface area contributed by atoms with Gasteiger partial charge in [0.15, 0.2) is 0 Å². The van der Waals surface area contributed by atoms with E-state index in [-0.39, 0.29) is 36.7 Å². The maximum Gasteiger partial charge on any atom is 0.391 e. The molecule has 0 spiro atoms. The van der Waals surface area contributed by atoms with Crippen molar-refractivity contribution in [2.24, 2.45) is 18.9 Å². The minimum absolute atomic E-state index is 0.00475. The molecule has 0 saturated heterocycles. The van der Waals surface area contributed by atoms with E-state index in [1.165, 1.54) is 22.4 Å². The summed E-state index contributed by atoms with van der Waals surface area (Å²) in [5.74, 6) is -1.19. The SMILES string of the molecule is Cn1nc(Cc2ccccc2F)n(CC2CCC(C(F)(F)F)CC2)c1=O. The number of hydrogen-bond acceptors (Lipinski definition) is 2. The lowest BCUT2D eigenvalue weighted by molar-refractivity contribution is -0.184. The molecule has 0 N–H and O–H groups in total.